The Hall–Kier alpha value is -1.36. The highest BCUT2D eigenvalue weighted by molar-refractivity contribution is 5.70. The average molecular weight is 665 g/mol. The van der Waals surface area contributed by atoms with E-state index in [0.717, 1.165) is 44.9 Å². The number of aliphatic hydroxyl groups is 1. The maximum atomic E-state index is 12.2. The second-order valence-electron chi connectivity index (χ2n) is 14.1. The van der Waals surface area contributed by atoms with Crippen LogP contribution < -0.4 is 0 Å². The Morgan fingerprint density at radius 1 is 0.468 bits per heavy atom. The van der Waals surface area contributed by atoms with Crippen molar-refractivity contribution in [3.05, 3.63) is 12.2 Å². The van der Waals surface area contributed by atoms with Crippen molar-refractivity contribution in [2.24, 2.45) is 0 Å². The molecule has 0 aliphatic carbocycles. The summed E-state index contributed by atoms with van der Waals surface area (Å²) >= 11 is 0. The van der Waals surface area contributed by atoms with Crippen molar-refractivity contribution in [1.82, 2.24) is 0 Å². The molecule has 0 unspecified atom stereocenters. The van der Waals surface area contributed by atoms with Crippen molar-refractivity contribution in [3.63, 3.8) is 0 Å². The Kier molecular flexibility index (Phi) is 38.0. The molecular weight excluding hydrogens is 584 g/mol. The number of hydrogen-bond donors (Lipinski definition) is 1. The molecule has 0 aliphatic heterocycles. The van der Waals surface area contributed by atoms with Crippen molar-refractivity contribution in [2.75, 3.05) is 13.2 Å². The summed E-state index contributed by atoms with van der Waals surface area (Å²) < 4.78 is 10.6. The standard InChI is InChI=1S/C42H80O5/c1-3-5-7-9-11-13-15-17-18-19-20-21-22-23-24-25-27-29-31-33-35-37-42(45)47-40(38-43)39-46-41(44)36-34-32-30-28-26-16-14-12-10-8-6-4-2/h12,14,40,43H,3-11,13,15-39H2,1-2H3/b14-12+/t40-/m0/s1. The van der Waals surface area contributed by atoms with Crippen LogP contribution in [0.1, 0.15) is 226 Å². The summed E-state index contributed by atoms with van der Waals surface area (Å²) in [6.07, 6.45) is 44.3. The minimum Gasteiger partial charge on any atom is -0.462 e. The van der Waals surface area contributed by atoms with Crippen LogP contribution in [0.4, 0.5) is 0 Å². The molecule has 0 aromatic carbocycles. The first-order valence-corrected chi connectivity index (χ1v) is 20.7. The Balaban J connectivity index is 3.47. The zero-order chi connectivity index (χ0) is 34.3. The number of unbranched alkanes of at least 4 members (excludes halogenated alkanes) is 28. The monoisotopic (exact) mass is 665 g/mol. The fraction of sp³-hybridized carbons (Fsp3) is 0.905. The first-order chi connectivity index (χ1) is 23.1. The highest BCUT2D eigenvalue weighted by Crippen LogP contribution is 2.16. The highest BCUT2D eigenvalue weighted by Gasteiger charge is 2.16. The van der Waals surface area contributed by atoms with Crippen LogP contribution in [-0.2, 0) is 19.1 Å². The molecule has 0 amide bonds. The van der Waals surface area contributed by atoms with Crippen LogP contribution in [0.25, 0.3) is 0 Å². The topological polar surface area (TPSA) is 72.8 Å². The molecule has 47 heavy (non-hydrogen) atoms. The summed E-state index contributed by atoms with van der Waals surface area (Å²) in [4.78, 5) is 24.2. The van der Waals surface area contributed by atoms with Crippen LogP contribution in [0, 0.1) is 0 Å². The molecule has 0 fully saturated rings. The smallest absolute Gasteiger partial charge is 0.306 e. The Morgan fingerprint density at radius 2 is 0.787 bits per heavy atom. The first kappa shape index (κ1) is 45.6. The van der Waals surface area contributed by atoms with Crippen molar-refractivity contribution < 1.29 is 24.2 Å². The lowest BCUT2D eigenvalue weighted by Gasteiger charge is -2.15. The molecular formula is C42H80O5. The SMILES string of the molecule is CCCCC/C=C/CCCCCCCC(=O)OC[C@H](CO)OC(=O)CCCCCCCCCCCCCCCCCCCCCCC. The van der Waals surface area contributed by atoms with Crippen molar-refractivity contribution >= 4 is 11.9 Å². The average Bonchev–Trinajstić information content (AvgIpc) is 3.07. The minimum atomic E-state index is -0.767. The van der Waals surface area contributed by atoms with Gasteiger partial charge < -0.3 is 14.6 Å². The molecule has 0 bridgehead atoms. The third kappa shape index (κ3) is 37.3. The Bertz CT molecular complexity index is 676. The largest absolute Gasteiger partial charge is 0.462 e. The Labute approximate surface area is 292 Å². The second kappa shape index (κ2) is 39.1. The lowest BCUT2D eigenvalue weighted by Crippen LogP contribution is -2.28. The summed E-state index contributed by atoms with van der Waals surface area (Å²) in [5.74, 6) is -0.590. The number of carbonyl (C=O) groups excluding carboxylic acids is 2. The van der Waals surface area contributed by atoms with E-state index in [2.05, 4.69) is 26.0 Å². The van der Waals surface area contributed by atoms with Gasteiger partial charge in [-0.1, -0.05) is 187 Å². The van der Waals surface area contributed by atoms with Crippen LogP contribution >= 0.6 is 0 Å². The van der Waals surface area contributed by atoms with E-state index in [0.29, 0.717) is 12.8 Å². The van der Waals surface area contributed by atoms with E-state index in [9.17, 15) is 14.7 Å². The van der Waals surface area contributed by atoms with Gasteiger partial charge in [0.2, 0.25) is 0 Å². The molecule has 1 N–H and O–H groups in total. The van der Waals surface area contributed by atoms with E-state index in [1.54, 1.807) is 0 Å². The van der Waals surface area contributed by atoms with Gasteiger partial charge in [-0.05, 0) is 38.5 Å². The van der Waals surface area contributed by atoms with Crippen LogP contribution in [-0.4, -0.2) is 36.4 Å². The summed E-state index contributed by atoms with van der Waals surface area (Å²) in [6.45, 7) is 4.13. The molecule has 1 atom stereocenters. The van der Waals surface area contributed by atoms with Gasteiger partial charge in [0.1, 0.15) is 6.61 Å². The normalized spacial score (nSPS) is 12.1. The Morgan fingerprint density at radius 3 is 1.19 bits per heavy atom. The van der Waals surface area contributed by atoms with Gasteiger partial charge in [0.25, 0.3) is 0 Å². The van der Waals surface area contributed by atoms with Crippen molar-refractivity contribution in [2.45, 2.75) is 232 Å². The van der Waals surface area contributed by atoms with Crippen molar-refractivity contribution in [1.29, 1.82) is 0 Å². The molecule has 0 spiro atoms. The van der Waals surface area contributed by atoms with Gasteiger partial charge in [-0.25, -0.2) is 0 Å². The molecule has 0 rings (SSSR count). The molecule has 0 aromatic heterocycles. The molecule has 0 aromatic rings. The number of rotatable bonds is 38. The molecule has 0 saturated heterocycles. The van der Waals surface area contributed by atoms with Gasteiger partial charge in [-0.2, -0.15) is 0 Å². The van der Waals surface area contributed by atoms with Crippen molar-refractivity contribution in [3.8, 4) is 0 Å². The number of esters is 2. The van der Waals surface area contributed by atoms with E-state index in [4.69, 9.17) is 9.47 Å². The predicted octanol–water partition coefficient (Wildman–Crippen LogP) is 12.9. The first-order valence-electron chi connectivity index (χ1n) is 20.7. The minimum absolute atomic E-state index is 0.0645. The van der Waals surface area contributed by atoms with Crippen LogP contribution in [0.5, 0.6) is 0 Å². The van der Waals surface area contributed by atoms with Gasteiger partial charge >= 0.3 is 11.9 Å². The van der Waals surface area contributed by atoms with Gasteiger partial charge in [-0.3, -0.25) is 9.59 Å². The maximum Gasteiger partial charge on any atom is 0.306 e. The van der Waals surface area contributed by atoms with Crippen LogP contribution in [0.15, 0.2) is 12.2 Å². The second-order valence-corrected chi connectivity index (χ2v) is 14.1. The zero-order valence-corrected chi connectivity index (χ0v) is 31.6. The van der Waals surface area contributed by atoms with Gasteiger partial charge in [0, 0.05) is 12.8 Å². The van der Waals surface area contributed by atoms with Crippen LogP contribution in [0.2, 0.25) is 0 Å². The maximum absolute atomic E-state index is 12.2. The molecule has 0 radical (unpaired) electrons. The van der Waals surface area contributed by atoms with Gasteiger partial charge in [0.05, 0.1) is 6.61 Å². The fourth-order valence-electron chi connectivity index (χ4n) is 6.14. The summed E-state index contributed by atoms with van der Waals surface area (Å²) in [7, 11) is 0. The molecule has 5 heteroatoms. The lowest BCUT2D eigenvalue weighted by atomic mass is 10.0. The molecule has 0 saturated carbocycles. The highest BCUT2D eigenvalue weighted by atomic mass is 16.6. The van der Waals surface area contributed by atoms with E-state index >= 15 is 0 Å². The van der Waals surface area contributed by atoms with E-state index in [-0.39, 0.29) is 25.2 Å². The fourth-order valence-corrected chi connectivity index (χ4v) is 6.14. The number of allylic oxidation sites excluding steroid dienone is 2. The summed E-state index contributed by atoms with van der Waals surface area (Å²) in [5, 5.41) is 9.55. The van der Waals surface area contributed by atoms with E-state index < -0.39 is 6.10 Å². The molecule has 0 aliphatic rings. The van der Waals surface area contributed by atoms with Gasteiger partial charge in [0.15, 0.2) is 6.10 Å². The molecule has 278 valence electrons. The third-order valence-electron chi connectivity index (χ3n) is 9.31. The quantitative estimate of drug-likeness (QED) is 0.0404. The van der Waals surface area contributed by atoms with Crippen LogP contribution in [0.3, 0.4) is 0 Å². The van der Waals surface area contributed by atoms with E-state index in [1.807, 2.05) is 0 Å². The summed E-state index contributed by atoms with van der Waals surface area (Å²) in [6, 6.07) is 0. The lowest BCUT2D eigenvalue weighted by molar-refractivity contribution is -0.161. The van der Waals surface area contributed by atoms with Gasteiger partial charge in [-0.15, -0.1) is 0 Å². The number of aliphatic hydroxyl groups excluding tert-OH is 1. The number of carbonyl (C=O) groups is 2. The third-order valence-corrected chi connectivity index (χ3v) is 9.31. The number of hydrogen-bond acceptors (Lipinski definition) is 5. The number of ether oxygens (including phenoxy) is 2. The molecule has 5 nitrogen and oxygen atoms in total. The summed E-state index contributed by atoms with van der Waals surface area (Å²) in [5.41, 5.74) is 0. The van der Waals surface area contributed by atoms with E-state index in [1.165, 1.54) is 154 Å². The zero-order valence-electron chi connectivity index (χ0n) is 31.6. The predicted molar refractivity (Wildman–Crippen MR) is 201 cm³/mol. The molecule has 0 heterocycles.